The smallest absolute Gasteiger partial charge is 0.258 e. The van der Waals surface area contributed by atoms with E-state index in [-0.39, 0.29) is 5.56 Å². The van der Waals surface area contributed by atoms with E-state index in [2.05, 4.69) is 10.3 Å². The molecule has 1 aromatic heterocycles. The molecule has 0 radical (unpaired) electrons. The van der Waals surface area contributed by atoms with Crippen molar-refractivity contribution in [3.8, 4) is 0 Å². The summed E-state index contributed by atoms with van der Waals surface area (Å²) in [4.78, 5) is 16.5. The number of aromatic nitrogens is 1. The Hall–Kier alpha value is -2.46. The van der Waals surface area contributed by atoms with Crippen LogP contribution in [0.5, 0.6) is 0 Å². The lowest BCUT2D eigenvalue weighted by Gasteiger charge is -2.10. The molecule has 1 amide bonds. The molecule has 0 atom stereocenters. The Labute approximate surface area is 131 Å². The van der Waals surface area contributed by atoms with E-state index in [0.29, 0.717) is 16.2 Å². The number of nitrogens with zero attached hydrogens (tertiary/aromatic N) is 1. The molecule has 0 saturated heterocycles. The van der Waals surface area contributed by atoms with Gasteiger partial charge in [-0.2, -0.15) is 0 Å². The van der Waals surface area contributed by atoms with Crippen molar-refractivity contribution in [2.45, 2.75) is 6.92 Å². The number of pyridine rings is 1. The molecular formula is C17H12ClFN2O. The van der Waals surface area contributed by atoms with Gasteiger partial charge < -0.3 is 5.32 Å². The maximum atomic E-state index is 13.7. The van der Waals surface area contributed by atoms with Crippen molar-refractivity contribution in [2.75, 3.05) is 5.32 Å². The molecule has 0 bridgehead atoms. The minimum absolute atomic E-state index is 0.00172. The van der Waals surface area contributed by atoms with Crippen molar-refractivity contribution in [3.63, 3.8) is 0 Å². The highest BCUT2D eigenvalue weighted by atomic mass is 35.5. The highest BCUT2D eigenvalue weighted by molar-refractivity contribution is 6.32. The molecule has 0 aliphatic rings. The fraction of sp³-hybridized carbons (Fsp3) is 0.0588. The molecule has 0 aliphatic carbocycles. The lowest BCUT2D eigenvalue weighted by Crippen LogP contribution is -2.14. The quantitative estimate of drug-likeness (QED) is 0.751. The van der Waals surface area contributed by atoms with Gasteiger partial charge in [0.1, 0.15) is 5.82 Å². The summed E-state index contributed by atoms with van der Waals surface area (Å²) < 4.78 is 13.7. The number of hydrogen-bond donors (Lipinski definition) is 1. The van der Waals surface area contributed by atoms with Gasteiger partial charge in [0, 0.05) is 16.6 Å². The molecule has 3 aromatic rings. The minimum Gasteiger partial charge on any atom is -0.321 e. The second-order valence-electron chi connectivity index (χ2n) is 4.86. The summed E-state index contributed by atoms with van der Waals surface area (Å²) in [5, 5.41) is 4.09. The van der Waals surface area contributed by atoms with Crippen LogP contribution < -0.4 is 5.32 Å². The van der Waals surface area contributed by atoms with Gasteiger partial charge in [0.05, 0.1) is 16.8 Å². The average Bonchev–Trinajstić information content (AvgIpc) is 2.52. The van der Waals surface area contributed by atoms with Gasteiger partial charge in [0.2, 0.25) is 0 Å². The van der Waals surface area contributed by atoms with Gasteiger partial charge in [-0.1, -0.05) is 23.7 Å². The predicted octanol–water partition coefficient (Wildman–Crippen LogP) is 4.59. The number of carbonyl (C=O) groups is 1. The third kappa shape index (κ3) is 2.53. The van der Waals surface area contributed by atoms with Crippen LogP contribution in [0.1, 0.15) is 15.9 Å². The van der Waals surface area contributed by atoms with Gasteiger partial charge >= 0.3 is 0 Å². The molecule has 0 spiro atoms. The van der Waals surface area contributed by atoms with Crippen LogP contribution in [0.3, 0.4) is 0 Å². The summed E-state index contributed by atoms with van der Waals surface area (Å²) in [6.07, 6.45) is 1.59. The first-order valence-electron chi connectivity index (χ1n) is 6.67. The van der Waals surface area contributed by atoms with Gasteiger partial charge in [-0.15, -0.1) is 0 Å². The largest absolute Gasteiger partial charge is 0.321 e. The Morgan fingerprint density at radius 3 is 2.73 bits per heavy atom. The number of amides is 1. The highest BCUT2D eigenvalue weighted by Crippen LogP contribution is 2.28. The van der Waals surface area contributed by atoms with Crippen molar-refractivity contribution < 1.29 is 9.18 Å². The second-order valence-corrected chi connectivity index (χ2v) is 5.27. The summed E-state index contributed by atoms with van der Waals surface area (Å²) in [5.74, 6) is -1.06. The van der Waals surface area contributed by atoms with Crippen molar-refractivity contribution >= 4 is 34.1 Å². The number of hydrogen-bond acceptors (Lipinski definition) is 2. The van der Waals surface area contributed by atoms with E-state index in [1.165, 1.54) is 12.1 Å². The van der Waals surface area contributed by atoms with Crippen LogP contribution in [0.2, 0.25) is 5.02 Å². The SMILES string of the molecule is Cc1c(Cl)ccc2c(NC(=O)c3ccccc3F)ccnc12. The Balaban J connectivity index is 2.03. The number of rotatable bonds is 2. The number of nitrogens with one attached hydrogen (secondary N) is 1. The Morgan fingerprint density at radius 2 is 1.95 bits per heavy atom. The van der Waals surface area contributed by atoms with E-state index in [4.69, 9.17) is 11.6 Å². The van der Waals surface area contributed by atoms with Crippen LogP contribution in [0.15, 0.2) is 48.7 Å². The highest BCUT2D eigenvalue weighted by Gasteiger charge is 2.13. The van der Waals surface area contributed by atoms with Crippen LogP contribution >= 0.6 is 11.6 Å². The molecule has 3 rings (SSSR count). The van der Waals surface area contributed by atoms with Crippen molar-refractivity contribution in [1.29, 1.82) is 0 Å². The molecule has 0 unspecified atom stereocenters. The first kappa shape index (κ1) is 14.5. The van der Waals surface area contributed by atoms with E-state index >= 15 is 0 Å². The molecule has 2 aromatic carbocycles. The fourth-order valence-electron chi connectivity index (χ4n) is 2.28. The molecule has 110 valence electrons. The number of aryl methyl sites for hydroxylation is 1. The number of carbonyl (C=O) groups excluding carboxylic acids is 1. The molecule has 3 nitrogen and oxygen atoms in total. The molecule has 1 heterocycles. The normalized spacial score (nSPS) is 10.7. The van der Waals surface area contributed by atoms with Crippen LogP contribution in [0.4, 0.5) is 10.1 Å². The van der Waals surface area contributed by atoms with Gasteiger partial charge in [-0.05, 0) is 42.8 Å². The fourth-order valence-corrected chi connectivity index (χ4v) is 2.43. The summed E-state index contributed by atoms with van der Waals surface area (Å²) in [5.41, 5.74) is 2.11. The third-order valence-corrected chi connectivity index (χ3v) is 3.88. The van der Waals surface area contributed by atoms with Crippen molar-refractivity contribution in [3.05, 3.63) is 70.6 Å². The van der Waals surface area contributed by atoms with E-state index in [1.807, 2.05) is 6.92 Å². The van der Waals surface area contributed by atoms with E-state index in [0.717, 1.165) is 10.9 Å². The van der Waals surface area contributed by atoms with E-state index in [9.17, 15) is 9.18 Å². The van der Waals surface area contributed by atoms with Gasteiger partial charge in [-0.3, -0.25) is 9.78 Å². The van der Waals surface area contributed by atoms with Crippen LogP contribution in [0.25, 0.3) is 10.9 Å². The number of benzene rings is 2. The Bertz CT molecular complexity index is 880. The zero-order valence-corrected chi connectivity index (χ0v) is 12.5. The Kier molecular flexibility index (Phi) is 3.77. The van der Waals surface area contributed by atoms with Crippen LogP contribution in [-0.4, -0.2) is 10.9 Å². The summed E-state index contributed by atoms with van der Waals surface area (Å²) in [6, 6.07) is 11.1. The van der Waals surface area contributed by atoms with Crippen molar-refractivity contribution in [1.82, 2.24) is 4.98 Å². The Morgan fingerprint density at radius 1 is 1.18 bits per heavy atom. The topological polar surface area (TPSA) is 42.0 Å². The minimum atomic E-state index is -0.558. The van der Waals surface area contributed by atoms with Gasteiger partial charge in [0.15, 0.2) is 0 Å². The molecule has 0 aliphatic heterocycles. The third-order valence-electron chi connectivity index (χ3n) is 3.47. The maximum absolute atomic E-state index is 13.7. The molecule has 5 heteroatoms. The lowest BCUT2D eigenvalue weighted by molar-refractivity contribution is 0.102. The zero-order chi connectivity index (χ0) is 15.7. The average molecular weight is 315 g/mol. The number of halogens is 2. The first-order valence-corrected chi connectivity index (χ1v) is 7.05. The number of anilines is 1. The molecular weight excluding hydrogens is 303 g/mol. The van der Waals surface area contributed by atoms with Crippen molar-refractivity contribution in [2.24, 2.45) is 0 Å². The molecule has 0 fully saturated rings. The van der Waals surface area contributed by atoms with Gasteiger partial charge in [0.25, 0.3) is 5.91 Å². The zero-order valence-electron chi connectivity index (χ0n) is 11.7. The standard InChI is InChI=1S/C17H12ClFN2O/c1-10-13(18)7-6-12-15(8-9-20-16(10)12)21-17(22)11-4-2-3-5-14(11)19/h2-9H,1H3,(H,20,21,22). The number of fused-ring (bicyclic) bond motifs is 1. The lowest BCUT2D eigenvalue weighted by atomic mass is 10.1. The van der Waals surface area contributed by atoms with E-state index < -0.39 is 11.7 Å². The van der Waals surface area contributed by atoms with Gasteiger partial charge in [-0.25, -0.2) is 4.39 Å². The molecule has 1 N–H and O–H groups in total. The van der Waals surface area contributed by atoms with E-state index in [1.54, 1.807) is 36.5 Å². The molecule has 22 heavy (non-hydrogen) atoms. The van der Waals surface area contributed by atoms with Crippen LogP contribution in [0, 0.1) is 12.7 Å². The molecule has 0 saturated carbocycles. The summed E-state index contributed by atoms with van der Waals surface area (Å²) in [6.45, 7) is 1.86. The second kappa shape index (κ2) is 5.73. The predicted molar refractivity (Wildman–Crippen MR) is 85.8 cm³/mol. The summed E-state index contributed by atoms with van der Waals surface area (Å²) in [7, 11) is 0. The first-order chi connectivity index (χ1) is 10.6. The summed E-state index contributed by atoms with van der Waals surface area (Å²) >= 11 is 6.09. The van der Waals surface area contributed by atoms with Crippen LogP contribution in [-0.2, 0) is 0 Å². The monoisotopic (exact) mass is 314 g/mol. The maximum Gasteiger partial charge on any atom is 0.258 e.